The van der Waals surface area contributed by atoms with E-state index in [1.807, 2.05) is 7.05 Å². The van der Waals surface area contributed by atoms with Gasteiger partial charge >= 0.3 is 5.97 Å². The zero-order chi connectivity index (χ0) is 17.3. The van der Waals surface area contributed by atoms with E-state index < -0.39 is 5.97 Å². The summed E-state index contributed by atoms with van der Waals surface area (Å²) < 4.78 is 0. The maximum absolute atomic E-state index is 10.7. The smallest absolute Gasteiger partial charge is 0.303 e. The van der Waals surface area contributed by atoms with Gasteiger partial charge in [0, 0.05) is 6.42 Å². The first-order chi connectivity index (χ1) is 11.1. The molecule has 2 N–H and O–H groups in total. The molecule has 0 aliphatic rings. The molecule has 0 rings (SSSR count). The molecule has 0 saturated carbocycles. The second kappa shape index (κ2) is 16.0. The third-order valence-corrected chi connectivity index (χ3v) is 4.60. The van der Waals surface area contributed by atoms with Crippen molar-refractivity contribution in [2.24, 2.45) is 11.8 Å². The monoisotopic (exact) mass is 325 g/mol. The van der Waals surface area contributed by atoms with Crippen molar-refractivity contribution in [2.75, 3.05) is 13.6 Å². The van der Waals surface area contributed by atoms with Crippen LogP contribution in [-0.4, -0.2) is 24.7 Å². The van der Waals surface area contributed by atoms with Crippen molar-refractivity contribution in [3.05, 3.63) is 12.2 Å². The maximum Gasteiger partial charge on any atom is 0.303 e. The van der Waals surface area contributed by atoms with Crippen LogP contribution in [0, 0.1) is 11.8 Å². The lowest BCUT2D eigenvalue weighted by Gasteiger charge is -2.21. The molecule has 0 aromatic heterocycles. The van der Waals surface area contributed by atoms with Gasteiger partial charge in [-0.1, -0.05) is 51.7 Å². The molecule has 0 fully saturated rings. The van der Waals surface area contributed by atoms with E-state index in [2.05, 4.69) is 31.3 Å². The summed E-state index contributed by atoms with van der Waals surface area (Å²) in [7, 11) is 1.99. The van der Waals surface area contributed by atoms with Crippen LogP contribution in [0.15, 0.2) is 12.2 Å². The maximum atomic E-state index is 10.7. The van der Waals surface area contributed by atoms with Crippen molar-refractivity contribution in [3.63, 3.8) is 0 Å². The first-order valence-corrected chi connectivity index (χ1v) is 9.65. The molecule has 0 aliphatic carbocycles. The highest BCUT2D eigenvalue weighted by Crippen LogP contribution is 2.23. The lowest BCUT2D eigenvalue weighted by Crippen LogP contribution is -2.21. The molecular weight excluding hydrogens is 286 g/mol. The molecule has 0 aliphatic heterocycles. The minimum atomic E-state index is -0.675. The highest BCUT2D eigenvalue weighted by atomic mass is 16.4. The lowest BCUT2D eigenvalue weighted by molar-refractivity contribution is -0.137. The van der Waals surface area contributed by atoms with Crippen molar-refractivity contribution < 1.29 is 9.90 Å². The van der Waals surface area contributed by atoms with Crippen molar-refractivity contribution in [2.45, 2.75) is 84.5 Å². The number of carbonyl (C=O) groups is 1. The Kier molecular flexibility index (Phi) is 15.5. The Morgan fingerprint density at radius 1 is 1.09 bits per heavy atom. The van der Waals surface area contributed by atoms with E-state index >= 15 is 0 Å². The molecule has 0 amide bonds. The van der Waals surface area contributed by atoms with Crippen LogP contribution < -0.4 is 5.32 Å². The summed E-state index contributed by atoms with van der Waals surface area (Å²) in [6.45, 7) is 5.52. The lowest BCUT2D eigenvalue weighted by atomic mass is 9.87. The molecule has 0 spiro atoms. The van der Waals surface area contributed by atoms with Gasteiger partial charge in [0.05, 0.1) is 0 Å². The molecule has 0 bridgehead atoms. The molecule has 3 nitrogen and oxygen atoms in total. The third-order valence-electron chi connectivity index (χ3n) is 4.60. The number of hydrogen-bond acceptors (Lipinski definition) is 2. The number of nitrogens with one attached hydrogen (secondary N) is 1. The average molecular weight is 326 g/mol. The number of carboxylic acids is 1. The second-order valence-electron chi connectivity index (χ2n) is 6.78. The predicted molar refractivity (Wildman–Crippen MR) is 99.8 cm³/mol. The molecule has 0 heterocycles. The fraction of sp³-hybridized carbons (Fsp3) is 0.850. The molecular formula is C20H39NO2. The Morgan fingerprint density at radius 2 is 1.87 bits per heavy atom. The van der Waals surface area contributed by atoms with Crippen LogP contribution in [0.5, 0.6) is 0 Å². The molecule has 0 radical (unpaired) electrons. The highest BCUT2D eigenvalue weighted by Gasteiger charge is 2.14. The standard InChI is InChI=1S/C20H39NO2/c1-4-6-7-8-9-10-11-13-18(5-2)16-19(17-21-3)14-12-15-20(22)23/h10-11,18-19,21H,4-9,12-17H2,1-3H3,(H,22,23)/b11-10-/t18-,19-/m0/s1. The Balaban J connectivity index is 4.03. The number of rotatable bonds is 16. The molecule has 3 heteroatoms. The third kappa shape index (κ3) is 14.5. The molecule has 0 aromatic rings. The van der Waals surface area contributed by atoms with Gasteiger partial charge in [-0.15, -0.1) is 0 Å². The summed E-state index contributed by atoms with van der Waals surface area (Å²) in [5.41, 5.74) is 0. The van der Waals surface area contributed by atoms with Crippen molar-refractivity contribution in [1.29, 1.82) is 0 Å². The first-order valence-electron chi connectivity index (χ1n) is 9.65. The van der Waals surface area contributed by atoms with E-state index in [1.54, 1.807) is 0 Å². The summed E-state index contributed by atoms with van der Waals surface area (Å²) in [5, 5.41) is 12.0. The van der Waals surface area contributed by atoms with Gasteiger partial charge in [-0.3, -0.25) is 4.79 Å². The largest absolute Gasteiger partial charge is 0.481 e. The summed E-state index contributed by atoms with van der Waals surface area (Å²) in [6.07, 6.45) is 17.0. The summed E-state index contributed by atoms with van der Waals surface area (Å²) >= 11 is 0. The van der Waals surface area contributed by atoms with E-state index in [-0.39, 0.29) is 0 Å². The Bertz CT molecular complexity index is 302. The van der Waals surface area contributed by atoms with E-state index in [4.69, 9.17) is 5.11 Å². The normalized spacial score (nSPS) is 14.2. The first kappa shape index (κ1) is 22.2. The van der Waals surface area contributed by atoms with Gasteiger partial charge in [0.1, 0.15) is 0 Å². The summed E-state index contributed by atoms with van der Waals surface area (Å²) in [5.74, 6) is 0.651. The van der Waals surface area contributed by atoms with Crippen LogP contribution in [0.4, 0.5) is 0 Å². The van der Waals surface area contributed by atoms with Crippen molar-refractivity contribution >= 4 is 5.97 Å². The molecule has 0 aromatic carbocycles. The number of carboxylic acid groups (broad SMARTS) is 1. The van der Waals surface area contributed by atoms with Gasteiger partial charge in [0.2, 0.25) is 0 Å². The zero-order valence-electron chi connectivity index (χ0n) is 15.7. The van der Waals surface area contributed by atoms with E-state index in [1.165, 1.54) is 51.4 Å². The van der Waals surface area contributed by atoms with Gasteiger partial charge in [-0.05, 0) is 64.0 Å². The molecule has 0 saturated heterocycles. The van der Waals surface area contributed by atoms with Gasteiger partial charge in [-0.2, -0.15) is 0 Å². The minimum Gasteiger partial charge on any atom is -0.481 e. The van der Waals surface area contributed by atoms with Crippen LogP contribution >= 0.6 is 0 Å². The SMILES string of the molecule is CCCCCC/C=C\C[C@H](CC)C[C@H](CCCC(=O)O)CNC. The fourth-order valence-electron chi connectivity index (χ4n) is 3.13. The number of aliphatic carboxylic acids is 1. The molecule has 136 valence electrons. The van der Waals surface area contributed by atoms with Gasteiger partial charge in [0.15, 0.2) is 0 Å². The zero-order valence-corrected chi connectivity index (χ0v) is 15.7. The van der Waals surface area contributed by atoms with E-state index in [0.29, 0.717) is 12.3 Å². The van der Waals surface area contributed by atoms with Crippen LogP contribution in [0.3, 0.4) is 0 Å². The van der Waals surface area contributed by atoms with E-state index in [9.17, 15) is 4.79 Å². The summed E-state index contributed by atoms with van der Waals surface area (Å²) in [6, 6.07) is 0. The fourth-order valence-corrected chi connectivity index (χ4v) is 3.13. The number of unbranched alkanes of at least 4 members (excludes halogenated alkanes) is 4. The van der Waals surface area contributed by atoms with Gasteiger partial charge in [0.25, 0.3) is 0 Å². The molecule has 0 unspecified atom stereocenters. The van der Waals surface area contributed by atoms with Crippen molar-refractivity contribution in [1.82, 2.24) is 5.32 Å². The average Bonchev–Trinajstić information content (AvgIpc) is 2.52. The second-order valence-corrected chi connectivity index (χ2v) is 6.78. The van der Waals surface area contributed by atoms with Crippen molar-refractivity contribution in [3.8, 4) is 0 Å². The number of allylic oxidation sites excluding steroid dienone is 2. The predicted octanol–water partition coefficient (Wildman–Crippen LogP) is 5.41. The molecule has 23 heavy (non-hydrogen) atoms. The Labute approximate surface area is 143 Å². The topological polar surface area (TPSA) is 49.3 Å². The minimum absolute atomic E-state index is 0.300. The van der Waals surface area contributed by atoms with Crippen LogP contribution in [0.2, 0.25) is 0 Å². The van der Waals surface area contributed by atoms with Gasteiger partial charge < -0.3 is 10.4 Å². The number of hydrogen-bond donors (Lipinski definition) is 2. The van der Waals surface area contributed by atoms with Crippen LogP contribution in [-0.2, 0) is 4.79 Å². The van der Waals surface area contributed by atoms with Crippen LogP contribution in [0.25, 0.3) is 0 Å². The van der Waals surface area contributed by atoms with Crippen LogP contribution in [0.1, 0.15) is 84.5 Å². The Morgan fingerprint density at radius 3 is 2.48 bits per heavy atom. The summed E-state index contributed by atoms with van der Waals surface area (Å²) in [4.78, 5) is 10.7. The van der Waals surface area contributed by atoms with E-state index in [0.717, 1.165) is 25.3 Å². The Hall–Kier alpha value is -0.830. The molecule has 2 atom stereocenters. The van der Waals surface area contributed by atoms with Gasteiger partial charge in [-0.25, -0.2) is 0 Å². The quantitative estimate of drug-likeness (QED) is 0.295. The highest BCUT2D eigenvalue weighted by molar-refractivity contribution is 5.66.